The molecule has 1 aliphatic rings. The van der Waals surface area contributed by atoms with Gasteiger partial charge in [0.15, 0.2) is 0 Å². The van der Waals surface area contributed by atoms with Crippen molar-refractivity contribution in [1.29, 1.82) is 0 Å². The highest BCUT2D eigenvalue weighted by Gasteiger charge is 2.24. The topological polar surface area (TPSA) is 38.9 Å². The second-order valence-electron chi connectivity index (χ2n) is 6.35. The third-order valence-electron chi connectivity index (χ3n) is 4.73. The fraction of sp³-hybridized carbons (Fsp3) is 0. The minimum atomic E-state index is 0.780. The number of fused-ring (bicyclic) bond motifs is 4. The minimum absolute atomic E-state index is 0.780. The highest BCUT2D eigenvalue weighted by Crippen LogP contribution is 2.44. The van der Waals surface area contributed by atoms with Crippen molar-refractivity contribution >= 4 is 28.2 Å². The lowest BCUT2D eigenvalue weighted by molar-refractivity contribution is 1.40. The summed E-state index contributed by atoms with van der Waals surface area (Å²) in [6.45, 7) is 0. The van der Waals surface area contributed by atoms with Gasteiger partial charge in [0, 0.05) is 22.2 Å². The first-order valence-electron chi connectivity index (χ1n) is 8.37. The van der Waals surface area contributed by atoms with Crippen LogP contribution >= 0.6 is 0 Å². The van der Waals surface area contributed by atoms with Crippen LogP contribution in [0.1, 0.15) is 16.7 Å². The van der Waals surface area contributed by atoms with Gasteiger partial charge in [-0.25, -0.2) is 4.98 Å². The van der Waals surface area contributed by atoms with Gasteiger partial charge in [0.1, 0.15) is 0 Å². The van der Waals surface area contributed by atoms with Crippen LogP contribution < -0.4 is 5.73 Å². The first-order chi connectivity index (χ1) is 12.3. The van der Waals surface area contributed by atoms with Gasteiger partial charge in [-0.05, 0) is 47.0 Å². The quantitative estimate of drug-likeness (QED) is 0.421. The van der Waals surface area contributed by atoms with E-state index in [9.17, 15) is 0 Å². The normalized spacial score (nSPS) is 13.8. The third-order valence-corrected chi connectivity index (χ3v) is 4.73. The molecule has 0 aliphatic heterocycles. The van der Waals surface area contributed by atoms with Gasteiger partial charge in [0.25, 0.3) is 0 Å². The second-order valence-corrected chi connectivity index (χ2v) is 6.35. The molecule has 0 radical (unpaired) electrons. The number of nitrogens with zero attached hydrogens (tertiary/aromatic N) is 1. The number of nitrogen functional groups attached to an aromatic ring is 1. The van der Waals surface area contributed by atoms with Crippen LogP contribution in [0.3, 0.4) is 0 Å². The summed E-state index contributed by atoms with van der Waals surface area (Å²) in [7, 11) is 0. The Balaban J connectivity index is 1.80. The second kappa shape index (κ2) is 5.32. The molecule has 2 heteroatoms. The molecule has 4 aromatic rings. The fourth-order valence-electron chi connectivity index (χ4n) is 3.51. The Bertz CT molecular complexity index is 1140. The van der Waals surface area contributed by atoms with Crippen molar-refractivity contribution in [2.24, 2.45) is 0 Å². The summed E-state index contributed by atoms with van der Waals surface area (Å²) in [6, 6.07) is 27.0. The number of nitrogens with two attached hydrogens (primary N) is 1. The van der Waals surface area contributed by atoms with Crippen molar-refractivity contribution in [3.05, 3.63) is 95.6 Å². The summed E-state index contributed by atoms with van der Waals surface area (Å²) >= 11 is 0. The van der Waals surface area contributed by atoms with E-state index < -0.39 is 0 Å². The highest BCUT2D eigenvalue weighted by molar-refractivity contribution is 6.07. The van der Waals surface area contributed by atoms with Gasteiger partial charge in [0.2, 0.25) is 0 Å². The van der Waals surface area contributed by atoms with E-state index in [2.05, 4.69) is 66.7 Å². The zero-order valence-corrected chi connectivity index (χ0v) is 13.6. The van der Waals surface area contributed by atoms with E-state index in [1.54, 1.807) is 0 Å². The third kappa shape index (κ3) is 2.23. The molecule has 0 spiro atoms. The molecule has 2 nitrogen and oxygen atoms in total. The van der Waals surface area contributed by atoms with Gasteiger partial charge >= 0.3 is 0 Å². The van der Waals surface area contributed by atoms with E-state index in [0.717, 1.165) is 27.8 Å². The molecule has 0 fully saturated rings. The SMILES string of the molecule is Nc1ccc(C=C2c3ccccc3-c3nc4ccccc4cc32)cc1. The average molecular weight is 320 g/mol. The monoisotopic (exact) mass is 320 g/mol. The molecule has 0 atom stereocenters. The molecular weight excluding hydrogens is 304 g/mol. The van der Waals surface area contributed by atoms with Crippen LogP contribution in [0.5, 0.6) is 0 Å². The molecule has 0 amide bonds. The summed E-state index contributed by atoms with van der Waals surface area (Å²) in [5.41, 5.74) is 14.7. The lowest BCUT2D eigenvalue weighted by Gasteiger charge is -2.05. The van der Waals surface area contributed by atoms with Gasteiger partial charge < -0.3 is 5.73 Å². The Labute approximate surface area is 146 Å². The Hall–Kier alpha value is -3.39. The van der Waals surface area contributed by atoms with Gasteiger partial charge in [-0.3, -0.25) is 0 Å². The molecular formula is C23H16N2. The largest absolute Gasteiger partial charge is 0.399 e. The molecule has 2 N–H and O–H groups in total. The van der Waals surface area contributed by atoms with Crippen LogP contribution in [0.25, 0.3) is 33.8 Å². The lowest BCUT2D eigenvalue weighted by atomic mass is 10.0. The summed E-state index contributed by atoms with van der Waals surface area (Å²) in [4.78, 5) is 4.94. The molecule has 5 rings (SSSR count). The number of aromatic nitrogens is 1. The maximum absolute atomic E-state index is 5.82. The Morgan fingerprint density at radius 1 is 0.720 bits per heavy atom. The number of hydrogen-bond acceptors (Lipinski definition) is 2. The van der Waals surface area contributed by atoms with Crippen molar-refractivity contribution < 1.29 is 0 Å². The number of benzene rings is 3. The van der Waals surface area contributed by atoms with Gasteiger partial charge in [-0.2, -0.15) is 0 Å². The molecule has 1 aromatic heterocycles. The van der Waals surface area contributed by atoms with Crippen LogP contribution in [0.2, 0.25) is 0 Å². The number of pyridine rings is 1. The van der Waals surface area contributed by atoms with E-state index in [1.807, 2.05) is 18.2 Å². The number of rotatable bonds is 1. The smallest absolute Gasteiger partial charge is 0.0794 e. The highest BCUT2D eigenvalue weighted by atomic mass is 14.7. The number of para-hydroxylation sites is 1. The summed E-state index contributed by atoms with van der Waals surface area (Å²) in [6.07, 6.45) is 2.22. The summed E-state index contributed by atoms with van der Waals surface area (Å²) in [5, 5.41) is 1.16. The molecule has 118 valence electrons. The van der Waals surface area contributed by atoms with Crippen LogP contribution in [-0.4, -0.2) is 4.98 Å². The van der Waals surface area contributed by atoms with Crippen molar-refractivity contribution in [2.75, 3.05) is 5.73 Å². The fourth-order valence-corrected chi connectivity index (χ4v) is 3.51. The van der Waals surface area contributed by atoms with Gasteiger partial charge in [-0.1, -0.05) is 54.6 Å². The molecule has 1 heterocycles. The maximum atomic E-state index is 5.82. The Morgan fingerprint density at radius 2 is 1.44 bits per heavy atom. The van der Waals surface area contributed by atoms with Crippen LogP contribution in [0.4, 0.5) is 5.69 Å². The Kier molecular flexibility index (Phi) is 2.98. The summed E-state index contributed by atoms with van der Waals surface area (Å²) in [5.74, 6) is 0. The van der Waals surface area contributed by atoms with Crippen LogP contribution in [-0.2, 0) is 0 Å². The lowest BCUT2D eigenvalue weighted by Crippen LogP contribution is -1.87. The van der Waals surface area contributed by atoms with E-state index in [4.69, 9.17) is 10.7 Å². The van der Waals surface area contributed by atoms with Crippen molar-refractivity contribution in [3.8, 4) is 11.3 Å². The van der Waals surface area contributed by atoms with E-state index in [1.165, 1.54) is 22.3 Å². The zero-order valence-electron chi connectivity index (χ0n) is 13.6. The molecule has 25 heavy (non-hydrogen) atoms. The van der Waals surface area contributed by atoms with Crippen molar-refractivity contribution in [3.63, 3.8) is 0 Å². The van der Waals surface area contributed by atoms with Gasteiger partial charge in [-0.15, -0.1) is 0 Å². The average Bonchev–Trinajstić information content (AvgIpc) is 2.95. The first-order valence-corrected chi connectivity index (χ1v) is 8.37. The van der Waals surface area contributed by atoms with Crippen molar-refractivity contribution in [2.45, 2.75) is 0 Å². The molecule has 0 unspecified atom stereocenters. The molecule has 3 aromatic carbocycles. The van der Waals surface area contributed by atoms with E-state index in [-0.39, 0.29) is 0 Å². The van der Waals surface area contributed by atoms with Crippen LogP contribution in [0, 0.1) is 0 Å². The maximum Gasteiger partial charge on any atom is 0.0794 e. The number of hydrogen-bond donors (Lipinski definition) is 1. The van der Waals surface area contributed by atoms with E-state index in [0.29, 0.717) is 0 Å². The molecule has 1 aliphatic carbocycles. The predicted octanol–water partition coefficient (Wildman–Crippen LogP) is 5.39. The molecule has 0 saturated carbocycles. The van der Waals surface area contributed by atoms with Crippen LogP contribution in [0.15, 0.2) is 78.9 Å². The molecule has 0 saturated heterocycles. The Morgan fingerprint density at radius 3 is 2.28 bits per heavy atom. The first kappa shape index (κ1) is 14.0. The summed E-state index contributed by atoms with van der Waals surface area (Å²) < 4.78 is 0. The van der Waals surface area contributed by atoms with Crippen molar-refractivity contribution in [1.82, 2.24) is 4.98 Å². The standard InChI is InChI=1S/C23H16N2/c24-17-11-9-15(10-12-17)13-20-18-6-2-3-7-19(18)23-21(20)14-16-5-1-4-8-22(16)25-23/h1-14H,24H2. The van der Waals surface area contributed by atoms with E-state index >= 15 is 0 Å². The minimum Gasteiger partial charge on any atom is -0.399 e. The molecule has 0 bridgehead atoms. The van der Waals surface area contributed by atoms with Gasteiger partial charge in [0.05, 0.1) is 11.2 Å². The zero-order chi connectivity index (χ0) is 16.8. The number of anilines is 1. The predicted molar refractivity (Wildman–Crippen MR) is 105 cm³/mol.